The molecule has 0 unspecified atom stereocenters. The van der Waals surface area contributed by atoms with Crippen LogP contribution >= 0.6 is 35.3 Å². The standard InChI is InChI=1S/C9H11S3/c1-10-7-5-4-6-8(11-2)9(7)12-3/h4-5H,1-3H3. The summed E-state index contributed by atoms with van der Waals surface area (Å²) in [4.78, 5) is 3.97. The maximum absolute atomic E-state index is 3.24. The molecule has 0 spiro atoms. The zero-order valence-corrected chi connectivity index (χ0v) is 9.83. The van der Waals surface area contributed by atoms with Crippen LogP contribution in [0.1, 0.15) is 0 Å². The Labute approximate surface area is 86.9 Å². The second kappa shape index (κ2) is 5.10. The van der Waals surface area contributed by atoms with Gasteiger partial charge in [0.05, 0.1) is 0 Å². The van der Waals surface area contributed by atoms with E-state index in [1.165, 1.54) is 14.7 Å². The molecule has 0 aliphatic heterocycles. The van der Waals surface area contributed by atoms with Gasteiger partial charge in [-0.25, -0.2) is 0 Å². The summed E-state index contributed by atoms with van der Waals surface area (Å²) in [5.41, 5.74) is 0. The zero-order chi connectivity index (χ0) is 8.97. The highest BCUT2D eigenvalue weighted by molar-refractivity contribution is 8.03. The lowest BCUT2D eigenvalue weighted by molar-refractivity contribution is 1.12. The van der Waals surface area contributed by atoms with Crippen molar-refractivity contribution in [3.05, 3.63) is 18.2 Å². The van der Waals surface area contributed by atoms with Gasteiger partial charge >= 0.3 is 0 Å². The molecular weight excluding hydrogens is 204 g/mol. The molecule has 0 fully saturated rings. The third-order valence-corrected chi connectivity index (χ3v) is 4.11. The molecule has 12 heavy (non-hydrogen) atoms. The van der Waals surface area contributed by atoms with E-state index in [2.05, 4.69) is 30.9 Å². The van der Waals surface area contributed by atoms with Gasteiger partial charge in [0.15, 0.2) is 0 Å². The van der Waals surface area contributed by atoms with Gasteiger partial charge in [-0.15, -0.1) is 35.3 Å². The Morgan fingerprint density at radius 3 is 2.33 bits per heavy atom. The Bertz CT molecular complexity index is 236. The first-order valence-electron chi connectivity index (χ1n) is 3.50. The van der Waals surface area contributed by atoms with Crippen LogP contribution in [0.3, 0.4) is 0 Å². The van der Waals surface area contributed by atoms with Crippen molar-refractivity contribution >= 4 is 35.3 Å². The van der Waals surface area contributed by atoms with Crippen LogP contribution in [0.5, 0.6) is 0 Å². The van der Waals surface area contributed by atoms with Crippen molar-refractivity contribution in [2.75, 3.05) is 18.8 Å². The fourth-order valence-corrected chi connectivity index (χ4v) is 3.50. The van der Waals surface area contributed by atoms with Gasteiger partial charge in [0, 0.05) is 14.7 Å². The highest BCUT2D eigenvalue weighted by Gasteiger charge is 2.04. The van der Waals surface area contributed by atoms with Crippen LogP contribution in [0.25, 0.3) is 0 Å². The number of hydrogen-bond acceptors (Lipinski definition) is 3. The summed E-state index contributed by atoms with van der Waals surface area (Å²) in [6.45, 7) is 0. The molecular formula is C9H11S3. The fourth-order valence-electron chi connectivity index (χ4n) is 0.952. The summed E-state index contributed by atoms with van der Waals surface area (Å²) in [7, 11) is 0. The minimum absolute atomic E-state index is 1.26. The minimum atomic E-state index is 1.26. The second-order valence-electron chi connectivity index (χ2n) is 2.11. The molecule has 0 aromatic heterocycles. The van der Waals surface area contributed by atoms with E-state index in [0.29, 0.717) is 0 Å². The average Bonchev–Trinajstić information content (AvgIpc) is 2.16. The van der Waals surface area contributed by atoms with Crippen molar-refractivity contribution in [3.8, 4) is 0 Å². The van der Waals surface area contributed by atoms with Gasteiger partial charge in [-0.05, 0) is 30.9 Å². The summed E-state index contributed by atoms with van der Waals surface area (Å²) >= 11 is 5.35. The minimum Gasteiger partial charge on any atom is -0.128 e. The Morgan fingerprint density at radius 1 is 1.08 bits per heavy atom. The molecule has 0 saturated heterocycles. The molecule has 0 heterocycles. The molecule has 1 radical (unpaired) electrons. The molecule has 0 aliphatic rings. The lowest BCUT2D eigenvalue weighted by Crippen LogP contribution is -1.81. The number of rotatable bonds is 3. The normalized spacial score (nSPS) is 10.2. The molecule has 0 atom stereocenters. The van der Waals surface area contributed by atoms with Crippen molar-refractivity contribution in [1.82, 2.24) is 0 Å². The van der Waals surface area contributed by atoms with Gasteiger partial charge in [0.2, 0.25) is 0 Å². The van der Waals surface area contributed by atoms with Crippen molar-refractivity contribution in [1.29, 1.82) is 0 Å². The Kier molecular flexibility index (Phi) is 4.40. The molecule has 0 aliphatic carbocycles. The van der Waals surface area contributed by atoms with E-state index in [1.54, 1.807) is 35.3 Å². The van der Waals surface area contributed by atoms with E-state index < -0.39 is 0 Å². The van der Waals surface area contributed by atoms with Crippen molar-refractivity contribution in [2.24, 2.45) is 0 Å². The smallest absolute Gasteiger partial charge is 0.0347 e. The van der Waals surface area contributed by atoms with E-state index in [9.17, 15) is 0 Å². The summed E-state index contributed by atoms with van der Waals surface area (Å²) in [5.74, 6) is 0. The predicted octanol–water partition coefficient (Wildman–Crippen LogP) is 3.65. The van der Waals surface area contributed by atoms with Crippen LogP contribution in [-0.2, 0) is 0 Å². The number of thioether (sulfide) groups is 3. The summed E-state index contributed by atoms with van der Waals surface area (Å²) < 4.78 is 0. The van der Waals surface area contributed by atoms with Gasteiger partial charge < -0.3 is 0 Å². The number of benzene rings is 1. The quantitative estimate of drug-likeness (QED) is 0.706. The molecule has 0 N–H and O–H groups in total. The van der Waals surface area contributed by atoms with E-state index in [4.69, 9.17) is 0 Å². The van der Waals surface area contributed by atoms with E-state index >= 15 is 0 Å². The summed E-state index contributed by atoms with van der Waals surface area (Å²) in [5, 5.41) is 0. The molecule has 3 heteroatoms. The van der Waals surface area contributed by atoms with Gasteiger partial charge in [0.25, 0.3) is 0 Å². The first kappa shape index (κ1) is 10.4. The third kappa shape index (κ3) is 2.15. The van der Waals surface area contributed by atoms with E-state index in [1.807, 2.05) is 6.07 Å². The van der Waals surface area contributed by atoms with Gasteiger partial charge in [0.1, 0.15) is 0 Å². The molecule has 0 amide bonds. The Balaban J connectivity index is 3.13. The van der Waals surface area contributed by atoms with E-state index in [0.717, 1.165) is 0 Å². The van der Waals surface area contributed by atoms with Gasteiger partial charge in [-0.3, -0.25) is 0 Å². The monoisotopic (exact) mass is 215 g/mol. The maximum atomic E-state index is 3.24. The van der Waals surface area contributed by atoms with Gasteiger partial charge in [-0.2, -0.15) is 0 Å². The van der Waals surface area contributed by atoms with Crippen LogP contribution in [0.2, 0.25) is 0 Å². The third-order valence-electron chi connectivity index (χ3n) is 1.51. The van der Waals surface area contributed by atoms with Crippen molar-refractivity contribution in [3.63, 3.8) is 0 Å². The van der Waals surface area contributed by atoms with Gasteiger partial charge in [-0.1, -0.05) is 6.07 Å². The number of hydrogen-bond donors (Lipinski definition) is 0. The highest BCUT2D eigenvalue weighted by atomic mass is 32.2. The molecule has 0 nitrogen and oxygen atoms in total. The average molecular weight is 215 g/mol. The molecule has 1 aromatic rings. The van der Waals surface area contributed by atoms with Crippen molar-refractivity contribution in [2.45, 2.75) is 14.7 Å². The van der Waals surface area contributed by atoms with E-state index in [-0.39, 0.29) is 0 Å². The van der Waals surface area contributed by atoms with Crippen LogP contribution in [-0.4, -0.2) is 18.8 Å². The molecule has 65 valence electrons. The molecule has 1 aromatic carbocycles. The second-order valence-corrected chi connectivity index (χ2v) is 4.59. The molecule has 0 saturated carbocycles. The van der Waals surface area contributed by atoms with Crippen LogP contribution in [0, 0.1) is 6.07 Å². The lowest BCUT2D eigenvalue weighted by Gasteiger charge is -2.07. The maximum Gasteiger partial charge on any atom is 0.0347 e. The Morgan fingerprint density at radius 2 is 1.83 bits per heavy atom. The fraction of sp³-hybridized carbons (Fsp3) is 0.333. The summed E-state index contributed by atoms with van der Waals surface area (Å²) in [6, 6.07) is 7.36. The van der Waals surface area contributed by atoms with Crippen LogP contribution < -0.4 is 0 Å². The highest BCUT2D eigenvalue weighted by Crippen LogP contribution is 2.35. The first-order valence-corrected chi connectivity index (χ1v) is 7.17. The zero-order valence-electron chi connectivity index (χ0n) is 7.38. The Hall–Kier alpha value is 0.270. The SMILES string of the molecule is CSc1[c]ccc(SC)c1SC. The van der Waals surface area contributed by atoms with Crippen LogP contribution in [0.4, 0.5) is 0 Å². The summed E-state index contributed by atoms with van der Waals surface area (Å²) in [6.07, 6.45) is 6.32. The van der Waals surface area contributed by atoms with Crippen molar-refractivity contribution < 1.29 is 0 Å². The lowest BCUT2D eigenvalue weighted by atomic mass is 10.4. The topological polar surface area (TPSA) is 0 Å². The molecule has 0 bridgehead atoms. The first-order chi connectivity index (χ1) is 5.83. The van der Waals surface area contributed by atoms with Crippen LogP contribution in [0.15, 0.2) is 26.8 Å². The predicted molar refractivity (Wildman–Crippen MR) is 60.6 cm³/mol. The largest absolute Gasteiger partial charge is 0.128 e. The molecule has 1 rings (SSSR count).